The van der Waals surface area contributed by atoms with Gasteiger partial charge in [0.2, 0.25) is 12.3 Å². The van der Waals surface area contributed by atoms with Gasteiger partial charge < -0.3 is 0 Å². The Bertz CT molecular complexity index is 893. The van der Waals surface area contributed by atoms with Crippen molar-refractivity contribution >= 4 is 11.6 Å². The largest absolute Gasteiger partial charge is 0.437 e. The van der Waals surface area contributed by atoms with Gasteiger partial charge >= 0.3 is 53.3 Å². The molecule has 0 aromatic heterocycles. The lowest BCUT2D eigenvalue weighted by Crippen LogP contribution is -2.80. The maximum atomic E-state index is 14.2. The first-order chi connectivity index (χ1) is 16.6. The van der Waals surface area contributed by atoms with Gasteiger partial charge in [0.15, 0.2) is 0 Å². The van der Waals surface area contributed by atoms with E-state index in [1.165, 1.54) is 0 Å². The predicted molar refractivity (Wildman–Crippen MR) is 75.4 cm³/mol. The highest BCUT2D eigenvalue weighted by Crippen LogP contribution is 2.67. The summed E-state index contributed by atoms with van der Waals surface area (Å²) in [6.07, 6.45) is -40.5. The molecule has 0 rings (SSSR count). The molecule has 0 radical (unpaired) electrons. The van der Waals surface area contributed by atoms with Gasteiger partial charge in [-0.3, -0.25) is 0 Å². The topological polar surface area (TPSA) is 0 Å². The minimum Gasteiger partial charge on any atom is -0.234 e. The molecule has 0 aliphatic carbocycles. The van der Waals surface area contributed by atoms with Crippen LogP contribution in [0.1, 0.15) is 0 Å². The van der Waals surface area contributed by atoms with Crippen molar-refractivity contribution in [2.75, 3.05) is 0 Å². The van der Waals surface area contributed by atoms with Crippen molar-refractivity contribution in [3.05, 3.63) is 11.1 Å². The summed E-state index contributed by atoms with van der Waals surface area (Å²) in [5.41, 5.74) is -18.2. The van der Waals surface area contributed by atoms with Crippen molar-refractivity contribution in [3.8, 4) is 0 Å². The van der Waals surface area contributed by atoms with Crippen molar-refractivity contribution in [2.24, 2.45) is 0 Å². The van der Waals surface area contributed by atoms with Crippen molar-refractivity contribution in [1.82, 2.24) is 0 Å². The van der Waals surface area contributed by atoms with Gasteiger partial charge in [0.25, 0.3) is 12.5 Å². The molecule has 0 nitrogen and oxygen atoms in total. The second-order valence-corrected chi connectivity index (χ2v) is 7.43. The second-order valence-electron chi connectivity index (χ2n) is 7.02. The highest BCUT2D eigenvalue weighted by molar-refractivity contribution is 6.30. The van der Waals surface area contributed by atoms with Gasteiger partial charge in [0.05, 0.1) is 0 Å². The fourth-order valence-electron chi connectivity index (χ4n) is 2.47. The monoisotopic (exact) mass is 662 g/mol. The fraction of sp³-hybridized carbons (Fsp3) is 0.857. The van der Waals surface area contributed by atoms with Crippen LogP contribution < -0.4 is 0 Å². The summed E-state index contributed by atoms with van der Waals surface area (Å²) in [5.74, 6) is -43.6. The Hall–Kier alpha value is -1.65. The molecule has 234 valence electrons. The normalized spacial score (nSPS) is 18.6. The third-order valence-electron chi connectivity index (χ3n) is 4.64. The minimum atomic E-state index is -9.35. The summed E-state index contributed by atoms with van der Waals surface area (Å²) in [5, 5.41) is -3.34. The molecule has 0 heterocycles. The van der Waals surface area contributed by atoms with E-state index in [1.54, 1.807) is 0 Å². The first kappa shape index (κ1) is 37.4. The summed E-state index contributed by atoms with van der Waals surface area (Å²) >= 11 is 4.07. The zero-order valence-corrected chi connectivity index (χ0v) is 17.4. The van der Waals surface area contributed by atoms with Gasteiger partial charge in [-0.05, 0) is 0 Å². The summed E-state index contributed by atoms with van der Waals surface area (Å²) in [6.45, 7) is 0. The smallest absolute Gasteiger partial charge is 0.234 e. The van der Waals surface area contributed by atoms with E-state index < -0.39 is 83.2 Å². The summed E-state index contributed by atoms with van der Waals surface area (Å²) in [4.78, 5) is 0. The molecule has 0 aromatic rings. The summed E-state index contributed by atoms with van der Waals surface area (Å²) in [6, 6.07) is 0. The van der Waals surface area contributed by atoms with Crippen LogP contribution in [0.2, 0.25) is 0 Å². The maximum absolute atomic E-state index is 14.2. The van der Waals surface area contributed by atoms with Crippen LogP contribution in [0.4, 0.5) is 105 Å². The van der Waals surface area contributed by atoms with E-state index in [0.29, 0.717) is 0 Å². The summed E-state index contributed by atoms with van der Waals surface area (Å²) < 4.78 is 316. The number of halogens is 25. The molecule has 25 heteroatoms. The first-order valence-corrected chi connectivity index (χ1v) is 8.66. The Kier molecular flexibility index (Phi) is 9.59. The van der Waals surface area contributed by atoms with Crippen LogP contribution >= 0.6 is 11.6 Å². The van der Waals surface area contributed by atoms with Crippen molar-refractivity contribution in [2.45, 2.75) is 72.1 Å². The average molecular weight is 663 g/mol. The van der Waals surface area contributed by atoms with Crippen LogP contribution in [0.5, 0.6) is 0 Å². The van der Waals surface area contributed by atoms with Gasteiger partial charge in [-0.2, -0.15) is 79.0 Å². The van der Waals surface area contributed by atoms with Gasteiger partial charge in [-0.15, -0.1) is 0 Å². The molecule has 0 aliphatic heterocycles. The Morgan fingerprint density at radius 3 is 1.10 bits per heavy atom. The van der Waals surface area contributed by atoms with Crippen molar-refractivity contribution in [3.63, 3.8) is 0 Å². The predicted octanol–water partition coefficient (Wildman–Crippen LogP) is 8.99. The maximum Gasteiger partial charge on any atom is 0.437 e. The molecule has 39 heavy (non-hydrogen) atoms. The lowest BCUT2D eigenvalue weighted by molar-refractivity contribution is -0.458. The zero-order valence-electron chi connectivity index (χ0n) is 16.7. The third-order valence-corrected chi connectivity index (χ3v) is 4.97. The summed E-state index contributed by atoms with van der Waals surface area (Å²) in [7, 11) is 0. The van der Waals surface area contributed by atoms with Crippen LogP contribution in [-0.4, -0.2) is 72.1 Å². The number of hydrogen-bond acceptors (Lipinski definition) is 0. The SMILES string of the molecule is FC(F)=C(Cl)C(F)C(F)(F)C(F)C(F)(F)C(F)(F)C(F)(F)C(F)(C(F)F)C(F)(F)C(F)(C(F)(F)F)C(F)(F)F. The Balaban J connectivity index is 7.52. The van der Waals surface area contributed by atoms with Crippen LogP contribution in [0.15, 0.2) is 11.1 Å². The molecule has 0 saturated heterocycles. The Labute approximate surface area is 201 Å². The third kappa shape index (κ3) is 4.92. The lowest BCUT2D eigenvalue weighted by Gasteiger charge is -2.47. The van der Waals surface area contributed by atoms with E-state index in [2.05, 4.69) is 11.6 Å². The highest BCUT2D eigenvalue weighted by atomic mass is 35.5. The van der Waals surface area contributed by atoms with E-state index in [-0.39, 0.29) is 0 Å². The number of alkyl halides is 22. The molecular weight excluding hydrogens is 660 g/mol. The van der Waals surface area contributed by atoms with Crippen molar-refractivity contribution < 1.29 is 105 Å². The standard InChI is InChI=1S/C14H3ClF24/c15-1(3(17)18)2(16)6(22,23)4(19)8(25,26)12(32,33)11(30,31)7(24,5(20)21)10(28,29)9(27,13(34,35)36)14(37,38)39/h2,4-5H. The molecule has 3 atom stereocenters. The average Bonchev–Trinajstić information content (AvgIpc) is 2.73. The van der Waals surface area contributed by atoms with Crippen LogP contribution in [-0.2, 0) is 0 Å². The Morgan fingerprint density at radius 1 is 0.513 bits per heavy atom. The Morgan fingerprint density at radius 2 is 0.846 bits per heavy atom. The van der Waals surface area contributed by atoms with E-state index >= 15 is 0 Å². The van der Waals surface area contributed by atoms with Gasteiger partial charge in [-0.1, -0.05) is 11.6 Å². The van der Waals surface area contributed by atoms with Gasteiger partial charge in [0.1, 0.15) is 5.03 Å². The molecular formula is C14H3ClF24. The fourth-order valence-corrected chi connectivity index (χ4v) is 2.62. The van der Waals surface area contributed by atoms with Crippen molar-refractivity contribution in [1.29, 1.82) is 0 Å². The van der Waals surface area contributed by atoms with E-state index in [1.807, 2.05) is 0 Å². The molecule has 0 N–H and O–H groups in total. The minimum absolute atomic E-state index is 3.34. The quantitative estimate of drug-likeness (QED) is 0.205. The van der Waals surface area contributed by atoms with Gasteiger partial charge in [-0.25, -0.2) is 26.3 Å². The highest BCUT2D eigenvalue weighted by Gasteiger charge is 2.98. The lowest BCUT2D eigenvalue weighted by atomic mass is 9.75. The second kappa shape index (κ2) is 10.0. The van der Waals surface area contributed by atoms with E-state index in [4.69, 9.17) is 0 Å². The molecule has 0 aromatic carbocycles. The molecule has 0 fully saturated rings. The van der Waals surface area contributed by atoms with E-state index in [9.17, 15) is 105 Å². The molecule has 0 saturated carbocycles. The van der Waals surface area contributed by atoms with Crippen LogP contribution in [0.3, 0.4) is 0 Å². The molecule has 0 amide bonds. The molecule has 0 aliphatic rings. The first-order valence-electron chi connectivity index (χ1n) is 8.28. The zero-order chi connectivity index (χ0) is 32.4. The van der Waals surface area contributed by atoms with Gasteiger partial charge in [0, 0.05) is 0 Å². The van der Waals surface area contributed by atoms with Crippen LogP contribution in [0.25, 0.3) is 0 Å². The number of hydrogen-bond donors (Lipinski definition) is 0. The van der Waals surface area contributed by atoms with Crippen LogP contribution in [0, 0.1) is 0 Å². The molecule has 0 bridgehead atoms. The number of rotatable bonds is 10. The van der Waals surface area contributed by atoms with E-state index in [0.717, 1.165) is 0 Å². The molecule has 0 spiro atoms. The molecule has 3 unspecified atom stereocenters. The number of allylic oxidation sites excluding steroid dienone is 1.